The van der Waals surface area contributed by atoms with Gasteiger partial charge in [-0.25, -0.2) is 0 Å². The van der Waals surface area contributed by atoms with Crippen molar-refractivity contribution in [2.24, 2.45) is 11.8 Å². The van der Waals surface area contributed by atoms with Crippen molar-refractivity contribution < 1.29 is 0 Å². The highest BCUT2D eigenvalue weighted by atomic mass is 14.3. The van der Waals surface area contributed by atoms with Gasteiger partial charge in [-0.3, -0.25) is 0 Å². The Balaban J connectivity index is 2.06. The SMILES string of the molecule is CCCC(C#N)CCCC1CCCCC1. The topological polar surface area (TPSA) is 23.8 Å². The number of nitriles is 1. The van der Waals surface area contributed by atoms with Crippen molar-refractivity contribution in [3.8, 4) is 6.07 Å². The predicted molar refractivity (Wildman–Crippen MR) is 64.4 cm³/mol. The Labute approximate surface area is 94.9 Å². The third-order valence-corrected chi connectivity index (χ3v) is 3.71. The molecule has 0 radical (unpaired) electrons. The molecule has 0 heterocycles. The van der Waals surface area contributed by atoms with Gasteiger partial charge in [0, 0.05) is 5.92 Å². The van der Waals surface area contributed by atoms with Crippen LogP contribution in [-0.2, 0) is 0 Å². The molecule has 0 saturated heterocycles. The van der Waals surface area contributed by atoms with Gasteiger partial charge in [0.25, 0.3) is 0 Å². The van der Waals surface area contributed by atoms with Crippen LogP contribution in [0, 0.1) is 23.2 Å². The Morgan fingerprint density at radius 1 is 1.20 bits per heavy atom. The summed E-state index contributed by atoms with van der Waals surface area (Å²) < 4.78 is 0. The van der Waals surface area contributed by atoms with Gasteiger partial charge in [-0.15, -0.1) is 0 Å². The van der Waals surface area contributed by atoms with Gasteiger partial charge in [-0.1, -0.05) is 58.3 Å². The zero-order valence-corrected chi connectivity index (χ0v) is 10.2. The number of nitrogens with zero attached hydrogens (tertiary/aromatic N) is 1. The van der Waals surface area contributed by atoms with Crippen LogP contribution in [0.3, 0.4) is 0 Å². The Hall–Kier alpha value is -0.510. The first-order valence-corrected chi connectivity index (χ1v) is 6.76. The van der Waals surface area contributed by atoms with E-state index in [2.05, 4.69) is 13.0 Å². The predicted octanol–water partition coefficient (Wildman–Crippen LogP) is 4.68. The molecule has 1 heteroatoms. The van der Waals surface area contributed by atoms with Crippen molar-refractivity contribution in [2.75, 3.05) is 0 Å². The number of rotatable bonds is 6. The largest absolute Gasteiger partial charge is 0.198 e. The van der Waals surface area contributed by atoms with E-state index in [1.807, 2.05) is 0 Å². The van der Waals surface area contributed by atoms with Crippen molar-refractivity contribution in [2.45, 2.75) is 71.1 Å². The summed E-state index contributed by atoms with van der Waals surface area (Å²) in [5.41, 5.74) is 0. The molecule has 1 unspecified atom stereocenters. The molecule has 0 bridgehead atoms. The smallest absolute Gasteiger partial charge is 0.0655 e. The minimum absolute atomic E-state index is 0.332. The van der Waals surface area contributed by atoms with Crippen LogP contribution in [0.25, 0.3) is 0 Å². The standard InChI is InChI=1S/C14H25N/c1-2-7-14(12-15)11-6-10-13-8-4-3-5-9-13/h13-14H,2-11H2,1H3. The van der Waals surface area contributed by atoms with Gasteiger partial charge in [0.2, 0.25) is 0 Å². The first-order valence-electron chi connectivity index (χ1n) is 6.76. The number of hydrogen-bond acceptors (Lipinski definition) is 1. The summed E-state index contributed by atoms with van der Waals surface area (Å²) in [4.78, 5) is 0. The summed E-state index contributed by atoms with van der Waals surface area (Å²) in [6.45, 7) is 2.17. The third-order valence-electron chi connectivity index (χ3n) is 3.71. The maximum Gasteiger partial charge on any atom is 0.0655 e. The molecule has 1 nitrogen and oxygen atoms in total. The lowest BCUT2D eigenvalue weighted by Gasteiger charge is -2.21. The van der Waals surface area contributed by atoms with Gasteiger partial charge in [-0.05, 0) is 18.8 Å². The summed E-state index contributed by atoms with van der Waals surface area (Å²) in [5.74, 6) is 1.32. The monoisotopic (exact) mass is 207 g/mol. The van der Waals surface area contributed by atoms with Gasteiger partial charge in [-0.2, -0.15) is 5.26 Å². The van der Waals surface area contributed by atoms with E-state index >= 15 is 0 Å². The van der Waals surface area contributed by atoms with E-state index in [0.29, 0.717) is 5.92 Å². The first-order chi connectivity index (χ1) is 7.36. The fourth-order valence-corrected chi connectivity index (χ4v) is 2.75. The molecule has 0 aromatic heterocycles. The van der Waals surface area contributed by atoms with Gasteiger partial charge < -0.3 is 0 Å². The average Bonchev–Trinajstić information content (AvgIpc) is 2.29. The van der Waals surface area contributed by atoms with Gasteiger partial charge in [0.05, 0.1) is 6.07 Å². The van der Waals surface area contributed by atoms with E-state index in [0.717, 1.165) is 25.2 Å². The Morgan fingerprint density at radius 2 is 1.93 bits per heavy atom. The van der Waals surface area contributed by atoms with Crippen LogP contribution < -0.4 is 0 Å². The summed E-state index contributed by atoms with van der Waals surface area (Å²) >= 11 is 0. The van der Waals surface area contributed by atoms with Crippen LogP contribution in [0.15, 0.2) is 0 Å². The lowest BCUT2D eigenvalue weighted by molar-refractivity contribution is 0.323. The molecule has 1 saturated carbocycles. The van der Waals surface area contributed by atoms with Crippen molar-refractivity contribution in [1.29, 1.82) is 5.26 Å². The summed E-state index contributed by atoms with van der Waals surface area (Å²) in [6, 6.07) is 2.44. The van der Waals surface area contributed by atoms with Crippen LogP contribution in [0.1, 0.15) is 71.1 Å². The lowest BCUT2D eigenvalue weighted by atomic mass is 9.84. The molecular weight excluding hydrogens is 182 g/mol. The molecule has 1 aliphatic carbocycles. The van der Waals surface area contributed by atoms with E-state index in [-0.39, 0.29) is 0 Å². The van der Waals surface area contributed by atoms with Gasteiger partial charge >= 0.3 is 0 Å². The maximum atomic E-state index is 8.94. The van der Waals surface area contributed by atoms with Gasteiger partial charge in [0.1, 0.15) is 0 Å². The van der Waals surface area contributed by atoms with E-state index in [9.17, 15) is 0 Å². The highest BCUT2D eigenvalue weighted by Crippen LogP contribution is 2.28. The summed E-state index contributed by atoms with van der Waals surface area (Å²) in [6.07, 6.45) is 13.3. The van der Waals surface area contributed by atoms with Crippen LogP contribution in [0.5, 0.6) is 0 Å². The molecule has 86 valence electrons. The maximum absolute atomic E-state index is 8.94. The molecule has 0 aliphatic heterocycles. The zero-order chi connectivity index (χ0) is 10.9. The first kappa shape index (κ1) is 12.6. The third kappa shape index (κ3) is 5.21. The van der Waals surface area contributed by atoms with Crippen LogP contribution in [-0.4, -0.2) is 0 Å². The molecule has 0 spiro atoms. The van der Waals surface area contributed by atoms with Crippen molar-refractivity contribution >= 4 is 0 Å². The van der Waals surface area contributed by atoms with E-state index in [1.165, 1.54) is 44.9 Å². The molecule has 1 rings (SSSR count). The minimum Gasteiger partial charge on any atom is -0.198 e. The lowest BCUT2D eigenvalue weighted by Crippen LogP contribution is -2.07. The quantitative estimate of drug-likeness (QED) is 0.620. The normalized spacial score (nSPS) is 19.7. The Kier molecular flexibility index (Phi) is 6.48. The van der Waals surface area contributed by atoms with Crippen molar-refractivity contribution in [1.82, 2.24) is 0 Å². The zero-order valence-electron chi connectivity index (χ0n) is 10.2. The second-order valence-corrected chi connectivity index (χ2v) is 5.05. The molecular formula is C14H25N. The molecule has 1 atom stereocenters. The fourth-order valence-electron chi connectivity index (χ4n) is 2.75. The summed E-state index contributed by atoms with van der Waals surface area (Å²) in [5, 5.41) is 8.94. The highest BCUT2D eigenvalue weighted by Gasteiger charge is 2.14. The molecule has 1 aliphatic rings. The number of hydrogen-bond donors (Lipinski definition) is 0. The molecule has 15 heavy (non-hydrogen) atoms. The van der Waals surface area contributed by atoms with E-state index in [1.54, 1.807) is 0 Å². The minimum atomic E-state index is 0.332. The molecule has 1 fully saturated rings. The molecule has 0 aromatic rings. The average molecular weight is 207 g/mol. The van der Waals surface area contributed by atoms with Crippen LogP contribution in [0.4, 0.5) is 0 Å². The van der Waals surface area contributed by atoms with Crippen molar-refractivity contribution in [3.05, 3.63) is 0 Å². The fraction of sp³-hybridized carbons (Fsp3) is 0.929. The highest BCUT2D eigenvalue weighted by molar-refractivity contribution is 4.82. The summed E-state index contributed by atoms with van der Waals surface area (Å²) in [7, 11) is 0. The molecule has 0 aromatic carbocycles. The van der Waals surface area contributed by atoms with Crippen LogP contribution in [0.2, 0.25) is 0 Å². The van der Waals surface area contributed by atoms with E-state index < -0.39 is 0 Å². The van der Waals surface area contributed by atoms with Crippen LogP contribution >= 0.6 is 0 Å². The van der Waals surface area contributed by atoms with Crippen molar-refractivity contribution in [3.63, 3.8) is 0 Å². The molecule has 0 amide bonds. The van der Waals surface area contributed by atoms with E-state index in [4.69, 9.17) is 5.26 Å². The second kappa shape index (κ2) is 7.74. The second-order valence-electron chi connectivity index (χ2n) is 5.05. The molecule has 0 N–H and O–H groups in total. The van der Waals surface area contributed by atoms with Gasteiger partial charge in [0.15, 0.2) is 0 Å². The Bertz CT molecular complexity index is 186. The Morgan fingerprint density at radius 3 is 2.53 bits per heavy atom.